The van der Waals surface area contributed by atoms with E-state index < -0.39 is 53.4 Å². The molecule has 4 atom stereocenters. The maximum Gasteiger partial charge on any atom is 0.310 e. The predicted octanol–water partition coefficient (Wildman–Crippen LogP) is 7.89. The van der Waals surface area contributed by atoms with Crippen LogP contribution in [-0.4, -0.2) is 54.1 Å². The van der Waals surface area contributed by atoms with Crippen LogP contribution in [0.1, 0.15) is 66.2 Å². The molecule has 4 fully saturated rings. The summed E-state index contributed by atoms with van der Waals surface area (Å²) in [6.45, 7) is 7.88. The number of benzene rings is 4. The van der Waals surface area contributed by atoms with Crippen LogP contribution in [0.15, 0.2) is 60.7 Å². The minimum absolute atomic E-state index is 0.0570. The minimum Gasteiger partial charge on any atom is -0.497 e. The molecular weight excluding hydrogens is 729 g/mol. The Morgan fingerprint density at radius 3 is 1.28 bits per heavy atom. The van der Waals surface area contributed by atoms with Crippen molar-refractivity contribution in [3.8, 4) is 34.1 Å². The van der Waals surface area contributed by atoms with E-state index in [4.69, 9.17) is 17.8 Å². The van der Waals surface area contributed by atoms with Gasteiger partial charge in [0.2, 0.25) is 0 Å². The fraction of sp³-hybridized carbons (Fsp3) is 0.476. The molecule has 0 spiro atoms. The highest BCUT2D eigenvalue weighted by atomic mass is 32.2. The van der Waals surface area contributed by atoms with Crippen molar-refractivity contribution in [3.05, 3.63) is 60.7 Å². The number of ketones is 2. The van der Waals surface area contributed by atoms with Crippen molar-refractivity contribution in [1.82, 2.24) is 0 Å². The Morgan fingerprint density at radius 1 is 0.593 bits per heavy atom. The van der Waals surface area contributed by atoms with E-state index in [-0.39, 0.29) is 46.0 Å². The molecule has 4 bridgehead atoms. The van der Waals surface area contributed by atoms with Gasteiger partial charge in [-0.25, -0.2) is 0 Å². The first-order chi connectivity index (χ1) is 25.4. The lowest BCUT2D eigenvalue weighted by Gasteiger charge is -2.36. The normalized spacial score (nSPS) is 26.9. The summed E-state index contributed by atoms with van der Waals surface area (Å²) in [6, 6.07) is 17.2. The Morgan fingerprint density at radius 2 is 0.963 bits per heavy atom. The number of hydrogen-bond acceptors (Lipinski definition) is 10. The second kappa shape index (κ2) is 12.2. The van der Waals surface area contributed by atoms with Crippen LogP contribution in [0, 0.1) is 33.5 Å². The van der Waals surface area contributed by atoms with Crippen molar-refractivity contribution < 1.29 is 44.3 Å². The van der Waals surface area contributed by atoms with Crippen LogP contribution in [-0.2, 0) is 29.8 Å². The Labute approximate surface area is 316 Å². The van der Waals surface area contributed by atoms with Gasteiger partial charge < -0.3 is 17.8 Å². The molecule has 0 N–H and O–H groups in total. The summed E-state index contributed by atoms with van der Waals surface area (Å²) < 4.78 is 80.5. The molecular formula is C42H46O10S2. The third-order valence-corrected chi connectivity index (χ3v) is 16.7. The third-order valence-electron chi connectivity index (χ3n) is 14.2. The van der Waals surface area contributed by atoms with Crippen LogP contribution in [0.4, 0.5) is 0 Å². The Bertz CT molecular complexity index is 2310. The third kappa shape index (κ3) is 5.37. The second-order valence-electron chi connectivity index (χ2n) is 17.0. The number of rotatable bonds is 11. The first-order valence-electron chi connectivity index (χ1n) is 18.5. The molecule has 8 rings (SSSR count). The van der Waals surface area contributed by atoms with E-state index in [2.05, 4.69) is 0 Å². The van der Waals surface area contributed by atoms with Crippen molar-refractivity contribution in [3.63, 3.8) is 0 Å². The van der Waals surface area contributed by atoms with Crippen molar-refractivity contribution >= 4 is 53.3 Å². The smallest absolute Gasteiger partial charge is 0.310 e. The second-order valence-corrected chi connectivity index (χ2v) is 20.1. The number of fused-ring (bicyclic) bond motifs is 6. The van der Waals surface area contributed by atoms with Gasteiger partial charge >= 0.3 is 20.2 Å². The van der Waals surface area contributed by atoms with Gasteiger partial charge in [0, 0.05) is 24.0 Å². The monoisotopic (exact) mass is 774 g/mol. The first kappa shape index (κ1) is 36.8. The summed E-state index contributed by atoms with van der Waals surface area (Å²) in [5.74, 6) is -0.0365. The number of carbonyl (C=O) groups is 2. The maximum atomic E-state index is 14.3. The number of hydrogen-bond donors (Lipinski definition) is 0. The molecule has 12 heteroatoms. The first-order valence-corrected chi connectivity index (χ1v) is 21.7. The molecule has 4 aromatic carbocycles. The topological polar surface area (TPSA) is 139 Å². The van der Waals surface area contributed by atoms with Crippen LogP contribution >= 0.6 is 0 Å². The number of ether oxygens (including phenoxy) is 2. The molecule has 0 saturated heterocycles. The molecule has 0 aromatic heterocycles. The van der Waals surface area contributed by atoms with Crippen molar-refractivity contribution in [2.75, 3.05) is 25.7 Å². The van der Waals surface area contributed by atoms with E-state index in [9.17, 15) is 26.4 Å². The molecule has 54 heavy (non-hydrogen) atoms. The molecule has 4 aromatic rings. The van der Waals surface area contributed by atoms with Gasteiger partial charge in [-0.05, 0) is 106 Å². The van der Waals surface area contributed by atoms with Crippen molar-refractivity contribution in [2.24, 2.45) is 33.5 Å². The van der Waals surface area contributed by atoms with Crippen LogP contribution < -0.4 is 17.8 Å². The fourth-order valence-electron chi connectivity index (χ4n) is 10.6. The average molecular weight is 775 g/mol. The molecule has 4 aliphatic carbocycles. The molecule has 4 aliphatic rings. The Hall–Kier alpha value is -4.16. The fourth-order valence-corrected chi connectivity index (χ4v) is 14.1. The van der Waals surface area contributed by atoms with Gasteiger partial charge in [-0.2, -0.15) is 16.8 Å². The predicted molar refractivity (Wildman–Crippen MR) is 206 cm³/mol. The van der Waals surface area contributed by atoms with Crippen LogP contribution in [0.5, 0.6) is 23.0 Å². The van der Waals surface area contributed by atoms with Gasteiger partial charge in [-0.15, -0.1) is 0 Å². The summed E-state index contributed by atoms with van der Waals surface area (Å²) in [5.41, 5.74) is -2.67. The van der Waals surface area contributed by atoms with Crippen LogP contribution in [0.25, 0.3) is 32.7 Å². The standard InChI is InChI=1S/C42H46O10S2/c1-39(2)27-15-17-41(39,35(43)19-27)23-53(45,46)51-33-13-9-25-7-11-29(49-5)21-31(25)37(33)38-32-22-30(50-6)12-8-26(32)10-14-34(38)52-54(47,48)24-42-18-16-28(20-36(42)44)40(42,3)4/h7-14,21-22,27-28H,15-20,23-24H2,1-6H3/t27-,28-,41-,42-/m1/s1. The quantitative estimate of drug-likeness (QED) is 0.138. The minimum atomic E-state index is -4.41. The highest BCUT2D eigenvalue weighted by Gasteiger charge is 2.67. The van der Waals surface area contributed by atoms with Gasteiger partial charge in [-0.3, -0.25) is 9.59 Å². The summed E-state index contributed by atoms with van der Waals surface area (Å²) in [4.78, 5) is 26.8. The van der Waals surface area contributed by atoms with E-state index in [0.29, 0.717) is 58.7 Å². The van der Waals surface area contributed by atoms with E-state index in [0.717, 1.165) is 12.8 Å². The maximum absolute atomic E-state index is 14.3. The van der Waals surface area contributed by atoms with E-state index in [1.807, 2.05) is 39.8 Å². The lowest BCUT2D eigenvalue weighted by Crippen LogP contribution is -2.43. The SMILES string of the molecule is COc1ccc2ccc(OS(=O)(=O)C[C@]34CC[C@H](CC3=O)C4(C)C)c(-c3c(OS(=O)(=O)C[C@]45CC[C@H](CC4=O)C5(C)C)ccc4ccc(OC)cc34)c2c1. The zero-order chi connectivity index (χ0) is 38.6. The Kier molecular flexibility index (Phi) is 8.29. The van der Waals surface area contributed by atoms with E-state index in [1.165, 1.54) is 14.2 Å². The molecule has 0 amide bonds. The molecule has 286 valence electrons. The number of carbonyl (C=O) groups excluding carboxylic acids is 2. The van der Waals surface area contributed by atoms with Gasteiger partial charge in [-0.1, -0.05) is 52.0 Å². The summed E-state index contributed by atoms with van der Waals surface area (Å²) in [5, 5.41) is 2.42. The molecule has 10 nitrogen and oxygen atoms in total. The lowest BCUT2D eigenvalue weighted by molar-refractivity contribution is -0.128. The molecule has 0 heterocycles. The number of methoxy groups -OCH3 is 2. The lowest BCUT2D eigenvalue weighted by atomic mass is 9.70. The van der Waals surface area contributed by atoms with Gasteiger partial charge in [0.05, 0.1) is 36.6 Å². The van der Waals surface area contributed by atoms with Gasteiger partial charge in [0.25, 0.3) is 0 Å². The van der Waals surface area contributed by atoms with Crippen molar-refractivity contribution in [1.29, 1.82) is 0 Å². The molecule has 0 aliphatic heterocycles. The largest absolute Gasteiger partial charge is 0.497 e. The summed E-state index contributed by atoms with van der Waals surface area (Å²) >= 11 is 0. The van der Waals surface area contributed by atoms with Crippen molar-refractivity contribution in [2.45, 2.75) is 66.2 Å². The summed E-state index contributed by atoms with van der Waals surface area (Å²) in [7, 11) is -5.79. The average Bonchev–Trinajstić information content (AvgIpc) is 3.64. The van der Waals surface area contributed by atoms with E-state index in [1.54, 1.807) is 48.5 Å². The zero-order valence-electron chi connectivity index (χ0n) is 31.5. The van der Waals surface area contributed by atoms with Crippen LogP contribution in [0.3, 0.4) is 0 Å². The van der Waals surface area contributed by atoms with Gasteiger partial charge in [0.1, 0.15) is 23.1 Å². The van der Waals surface area contributed by atoms with Gasteiger partial charge in [0.15, 0.2) is 11.5 Å². The molecule has 0 radical (unpaired) electrons. The highest BCUT2D eigenvalue weighted by Crippen LogP contribution is 2.65. The zero-order valence-corrected chi connectivity index (χ0v) is 33.1. The number of Topliss-reactive ketones (excluding diaryl/α,β-unsaturated/α-hetero) is 2. The summed E-state index contributed by atoms with van der Waals surface area (Å²) in [6.07, 6.45) is 3.17. The molecule has 0 unspecified atom stereocenters. The highest BCUT2D eigenvalue weighted by molar-refractivity contribution is 7.87. The Balaban J connectivity index is 1.32. The van der Waals surface area contributed by atoms with Crippen LogP contribution in [0.2, 0.25) is 0 Å². The van der Waals surface area contributed by atoms with E-state index >= 15 is 0 Å². The molecule has 4 saturated carbocycles.